The third-order valence-corrected chi connectivity index (χ3v) is 6.52. The highest BCUT2D eigenvalue weighted by atomic mass is 35.5. The predicted octanol–water partition coefficient (Wildman–Crippen LogP) is 5.15. The molecule has 3 aromatic rings. The molecular weight excluding hydrogens is 420 g/mol. The summed E-state index contributed by atoms with van der Waals surface area (Å²) in [5.41, 5.74) is 1.15. The molecule has 2 aromatic heterocycles. The topological polar surface area (TPSA) is 73.0 Å². The van der Waals surface area contributed by atoms with Gasteiger partial charge in [-0.1, -0.05) is 54.8 Å². The number of carbonyl (C=O) groups is 1. The second kappa shape index (κ2) is 10.2. The summed E-state index contributed by atoms with van der Waals surface area (Å²) in [6.45, 7) is 0.591. The second-order valence-electron chi connectivity index (χ2n) is 7.46. The quantitative estimate of drug-likeness (QED) is 0.486. The first-order valence-electron chi connectivity index (χ1n) is 10.3. The van der Waals surface area contributed by atoms with Crippen molar-refractivity contribution < 1.29 is 9.21 Å². The van der Waals surface area contributed by atoms with Crippen LogP contribution >= 0.6 is 23.4 Å². The van der Waals surface area contributed by atoms with Crippen molar-refractivity contribution in [3.05, 3.63) is 53.2 Å². The van der Waals surface area contributed by atoms with Gasteiger partial charge in [0, 0.05) is 17.6 Å². The summed E-state index contributed by atoms with van der Waals surface area (Å²) in [5, 5.41) is 13.2. The molecule has 158 valence electrons. The highest BCUT2D eigenvalue weighted by Crippen LogP contribution is 2.35. The van der Waals surface area contributed by atoms with Gasteiger partial charge in [-0.3, -0.25) is 9.36 Å². The number of hydrogen-bond acceptors (Lipinski definition) is 5. The largest absolute Gasteiger partial charge is 0.461 e. The summed E-state index contributed by atoms with van der Waals surface area (Å²) in [6.07, 6.45) is 8.31. The van der Waals surface area contributed by atoms with Crippen molar-refractivity contribution in [1.82, 2.24) is 20.1 Å². The van der Waals surface area contributed by atoms with Crippen molar-refractivity contribution in [2.24, 2.45) is 0 Å². The molecule has 30 heavy (non-hydrogen) atoms. The molecule has 0 unspecified atom stereocenters. The Kier molecular flexibility index (Phi) is 7.12. The first-order valence-corrected chi connectivity index (χ1v) is 11.7. The van der Waals surface area contributed by atoms with E-state index in [9.17, 15) is 4.79 Å². The van der Waals surface area contributed by atoms with Gasteiger partial charge in [-0.15, -0.1) is 10.2 Å². The Balaban J connectivity index is 1.36. The number of carbonyl (C=O) groups excluding carboxylic acids is 1. The van der Waals surface area contributed by atoms with Crippen LogP contribution < -0.4 is 5.32 Å². The van der Waals surface area contributed by atoms with E-state index < -0.39 is 0 Å². The van der Waals surface area contributed by atoms with Gasteiger partial charge in [-0.2, -0.15) is 0 Å². The lowest BCUT2D eigenvalue weighted by molar-refractivity contribution is -0.118. The molecule has 1 fully saturated rings. The highest BCUT2D eigenvalue weighted by molar-refractivity contribution is 7.99. The molecule has 0 aliphatic heterocycles. The van der Waals surface area contributed by atoms with Gasteiger partial charge >= 0.3 is 0 Å². The molecular formula is C22H25ClN4O2S. The van der Waals surface area contributed by atoms with E-state index in [0.29, 0.717) is 24.1 Å². The minimum absolute atomic E-state index is 0.00768. The molecule has 0 spiro atoms. The van der Waals surface area contributed by atoms with E-state index in [4.69, 9.17) is 16.0 Å². The number of nitrogens with one attached hydrogen (secondary N) is 1. The average molecular weight is 445 g/mol. The van der Waals surface area contributed by atoms with Gasteiger partial charge in [-0.05, 0) is 49.1 Å². The van der Waals surface area contributed by atoms with Crippen LogP contribution in [0.1, 0.15) is 43.7 Å². The van der Waals surface area contributed by atoms with E-state index >= 15 is 0 Å². The Labute approximate surface area is 185 Å². The number of hydrogen-bond donors (Lipinski definition) is 1. The zero-order valence-electron chi connectivity index (χ0n) is 16.7. The van der Waals surface area contributed by atoms with Gasteiger partial charge in [0.2, 0.25) is 11.7 Å². The lowest BCUT2D eigenvalue weighted by Gasteiger charge is -2.25. The van der Waals surface area contributed by atoms with E-state index in [0.717, 1.165) is 40.8 Å². The van der Waals surface area contributed by atoms with Crippen LogP contribution in [0.2, 0.25) is 5.02 Å². The zero-order valence-corrected chi connectivity index (χ0v) is 18.3. The lowest BCUT2D eigenvalue weighted by atomic mass is 9.95. The summed E-state index contributed by atoms with van der Waals surface area (Å²) < 4.78 is 7.74. The summed E-state index contributed by atoms with van der Waals surface area (Å²) in [7, 11) is 0. The van der Waals surface area contributed by atoms with Crippen molar-refractivity contribution in [2.75, 3.05) is 12.3 Å². The third-order valence-electron chi connectivity index (χ3n) is 5.33. The van der Waals surface area contributed by atoms with E-state index in [1.54, 1.807) is 6.26 Å². The van der Waals surface area contributed by atoms with Gasteiger partial charge in [0.05, 0.1) is 12.0 Å². The fraction of sp³-hybridized carbons (Fsp3) is 0.409. The van der Waals surface area contributed by atoms with Gasteiger partial charge in [0.1, 0.15) is 0 Å². The van der Waals surface area contributed by atoms with Gasteiger partial charge < -0.3 is 9.73 Å². The van der Waals surface area contributed by atoms with E-state index in [1.165, 1.54) is 31.0 Å². The maximum Gasteiger partial charge on any atom is 0.230 e. The van der Waals surface area contributed by atoms with Gasteiger partial charge in [-0.25, -0.2) is 0 Å². The minimum Gasteiger partial charge on any atom is -0.461 e. The average Bonchev–Trinajstić information content (AvgIpc) is 3.44. The summed E-state index contributed by atoms with van der Waals surface area (Å²) in [5.74, 6) is 1.76. The number of thioether (sulfide) groups is 1. The van der Waals surface area contributed by atoms with Crippen LogP contribution in [0.4, 0.5) is 0 Å². The first-order chi connectivity index (χ1) is 14.7. The highest BCUT2D eigenvalue weighted by Gasteiger charge is 2.25. The number of benzene rings is 1. The van der Waals surface area contributed by atoms with Crippen molar-refractivity contribution in [3.8, 4) is 11.6 Å². The van der Waals surface area contributed by atoms with E-state index in [1.807, 2.05) is 36.4 Å². The van der Waals surface area contributed by atoms with Crippen molar-refractivity contribution in [3.63, 3.8) is 0 Å². The number of rotatable bonds is 8. The van der Waals surface area contributed by atoms with Crippen molar-refractivity contribution >= 4 is 29.3 Å². The van der Waals surface area contributed by atoms with E-state index in [2.05, 4.69) is 20.1 Å². The normalized spacial score (nSPS) is 14.7. The Morgan fingerprint density at radius 2 is 1.97 bits per heavy atom. The molecule has 0 atom stereocenters. The number of halogens is 1. The Morgan fingerprint density at radius 3 is 2.70 bits per heavy atom. The Bertz CT molecular complexity index is 950. The number of amides is 1. The lowest BCUT2D eigenvalue weighted by Crippen LogP contribution is -2.27. The molecule has 1 aliphatic carbocycles. The molecule has 0 saturated heterocycles. The molecule has 0 radical (unpaired) electrons. The van der Waals surface area contributed by atoms with Crippen LogP contribution in [0, 0.1) is 0 Å². The summed E-state index contributed by atoms with van der Waals surface area (Å²) in [6, 6.07) is 11.8. The van der Waals surface area contributed by atoms with Gasteiger partial charge in [0.15, 0.2) is 10.9 Å². The standard InChI is InChI=1S/C22H25ClN4O2S/c23-17-10-8-16(9-11-17)12-13-24-20(28)15-30-22-26-25-21(19-7-4-14-29-19)27(22)18-5-2-1-3-6-18/h4,7-11,14,18H,1-3,5-6,12-13,15H2,(H,24,28). The minimum atomic E-state index is -0.00768. The molecule has 2 heterocycles. The third kappa shape index (κ3) is 5.26. The molecule has 6 nitrogen and oxygen atoms in total. The summed E-state index contributed by atoms with van der Waals surface area (Å²) >= 11 is 7.34. The molecule has 8 heteroatoms. The number of nitrogens with zero attached hydrogens (tertiary/aromatic N) is 3. The molecule has 1 amide bonds. The molecule has 1 aromatic carbocycles. The molecule has 1 aliphatic rings. The Hall–Kier alpha value is -2.25. The number of aromatic nitrogens is 3. The van der Waals surface area contributed by atoms with Gasteiger partial charge in [0.25, 0.3) is 0 Å². The summed E-state index contributed by atoms with van der Waals surface area (Å²) in [4.78, 5) is 12.4. The van der Waals surface area contributed by atoms with Crippen LogP contribution in [0.3, 0.4) is 0 Å². The van der Waals surface area contributed by atoms with Crippen LogP contribution in [0.15, 0.2) is 52.2 Å². The maximum absolute atomic E-state index is 12.4. The van der Waals surface area contributed by atoms with Crippen LogP contribution in [-0.4, -0.2) is 33.0 Å². The monoisotopic (exact) mass is 444 g/mol. The first kappa shape index (κ1) is 21.0. The van der Waals surface area contributed by atoms with E-state index in [-0.39, 0.29) is 5.91 Å². The maximum atomic E-state index is 12.4. The van der Waals surface area contributed by atoms with Crippen LogP contribution in [0.5, 0.6) is 0 Å². The van der Waals surface area contributed by atoms with Crippen molar-refractivity contribution in [2.45, 2.75) is 49.7 Å². The Morgan fingerprint density at radius 1 is 1.17 bits per heavy atom. The predicted molar refractivity (Wildman–Crippen MR) is 119 cm³/mol. The molecule has 1 N–H and O–H groups in total. The SMILES string of the molecule is O=C(CSc1nnc(-c2ccco2)n1C1CCCCC1)NCCc1ccc(Cl)cc1. The van der Waals surface area contributed by atoms with Crippen LogP contribution in [-0.2, 0) is 11.2 Å². The fourth-order valence-electron chi connectivity index (χ4n) is 3.80. The second-order valence-corrected chi connectivity index (χ2v) is 8.84. The fourth-order valence-corrected chi connectivity index (χ4v) is 4.76. The van der Waals surface area contributed by atoms with Crippen molar-refractivity contribution in [1.29, 1.82) is 0 Å². The molecule has 4 rings (SSSR count). The smallest absolute Gasteiger partial charge is 0.230 e. The molecule has 0 bridgehead atoms. The molecule has 1 saturated carbocycles. The number of furan rings is 1. The zero-order chi connectivity index (χ0) is 20.8. The van der Waals surface area contributed by atoms with Crippen LogP contribution in [0.25, 0.3) is 11.6 Å².